The van der Waals surface area contributed by atoms with Crippen LogP contribution in [0.25, 0.3) is 0 Å². The molecule has 2 aliphatic rings. The number of aliphatic carboxylic acids is 1. The number of carbonyl (C=O) groups excluding carboxylic acids is 1. The Morgan fingerprint density at radius 3 is 2.57 bits per heavy atom. The minimum Gasteiger partial charge on any atom is -0.481 e. The Hall–Kier alpha value is -2.11. The fraction of sp³-hybridized carbons (Fsp3) is 0.533. The molecule has 0 radical (unpaired) electrons. The molecule has 0 unspecified atom stereocenters. The standard InChI is InChI=1S/C15H19N3O3/c19-14(20)7-11-3-4-12(8-16-11)17-15(21)18(13-5-6-13)9-10-1-2-10/h3-4,8,10,13H,1-2,5-7,9H2,(H,17,21)(H,19,20). The van der Waals surface area contributed by atoms with Crippen LogP contribution in [0, 0.1) is 5.92 Å². The molecule has 0 atom stereocenters. The molecule has 0 saturated heterocycles. The van der Waals surface area contributed by atoms with Crippen molar-refractivity contribution in [1.29, 1.82) is 0 Å². The van der Waals surface area contributed by atoms with Crippen molar-refractivity contribution in [3.8, 4) is 0 Å². The van der Waals surface area contributed by atoms with E-state index < -0.39 is 5.97 Å². The zero-order chi connectivity index (χ0) is 14.8. The van der Waals surface area contributed by atoms with E-state index in [0.29, 0.717) is 23.3 Å². The summed E-state index contributed by atoms with van der Waals surface area (Å²) in [6, 6.07) is 3.65. The number of nitrogens with zero attached hydrogens (tertiary/aromatic N) is 2. The average Bonchev–Trinajstić information content (AvgIpc) is 3.31. The van der Waals surface area contributed by atoms with Crippen LogP contribution in [-0.4, -0.2) is 39.6 Å². The maximum absolute atomic E-state index is 12.3. The first-order valence-electron chi connectivity index (χ1n) is 7.36. The molecule has 0 aromatic carbocycles. The zero-order valence-corrected chi connectivity index (χ0v) is 11.8. The quantitative estimate of drug-likeness (QED) is 0.840. The molecule has 2 amide bonds. The average molecular weight is 289 g/mol. The van der Waals surface area contributed by atoms with Gasteiger partial charge in [0, 0.05) is 12.6 Å². The predicted octanol–water partition coefficient (Wildman–Crippen LogP) is 2.12. The first kappa shape index (κ1) is 13.9. The van der Waals surface area contributed by atoms with Crippen molar-refractivity contribution in [3.63, 3.8) is 0 Å². The smallest absolute Gasteiger partial charge is 0.322 e. The van der Waals surface area contributed by atoms with Crippen LogP contribution in [0.2, 0.25) is 0 Å². The van der Waals surface area contributed by atoms with Crippen molar-refractivity contribution in [2.24, 2.45) is 5.92 Å². The summed E-state index contributed by atoms with van der Waals surface area (Å²) >= 11 is 0. The molecular formula is C15H19N3O3. The number of urea groups is 1. The van der Waals surface area contributed by atoms with Gasteiger partial charge >= 0.3 is 12.0 Å². The summed E-state index contributed by atoms with van der Waals surface area (Å²) in [5.74, 6) is -0.240. The molecule has 0 spiro atoms. The lowest BCUT2D eigenvalue weighted by Gasteiger charge is -2.22. The maximum atomic E-state index is 12.3. The highest BCUT2D eigenvalue weighted by atomic mass is 16.4. The van der Waals surface area contributed by atoms with Crippen molar-refractivity contribution < 1.29 is 14.7 Å². The van der Waals surface area contributed by atoms with Crippen molar-refractivity contribution >= 4 is 17.7 Å². The van der Waals surface area contributed by atoms with Crippen LogP contribution in [0.15, 0.2) is 18.3 Å². The van der Waals surface area contributed by atoms with Gasteiger partial charge in [0.25, 0.3) is 0 Å². The zero-order valence-electron chi connectivity index (χ0n) is 11.8. The van der Waals surface area contributed by atoms with Crippen LogP contribution in [-0.2, 0) is 11.2 Å². The second-order valence-corrected chi connectivity index (χ2v) is 5.87. The second-order valence-electron chi connectivity index (χ2n) is 5.87. The van der Waals surface area contributed by atoms with Gasteiger partial charge in [-0.1, -0.05) is 0 Å². The summed E-state index contributed by atoms with van der Waals surface area (Å²) in [5.41, 5.74) is 1.09. The molecule has 3 rings (SSSR count). The van der Waals surface area contributed by atoms with Gasteiger partial charge in [-0.25, -0.2) is 4.79 Å². The van der Waals surface area contributed by atoms with Gasteiger partial charge in [0.15, 0.2) is 0 Å². The van der Waals surface area contributed by atoms with Crippen LogP contribution in [0.4, 0.5) is 10.5 Å². The number of hydrogen-bond donors (Lipinski definition) is 2. The highest BCUT2D eigenvalue weighted by Crippen LogP contribution is 2.35. The molecule has 6 nitrogen and oxygen atoms in total. The number of anilines is 1. The molecule has 112 valence electrons. The molecule has 0 bridgehead atoms. The highest BCUT2D eigenvalue weighted by molar-refractivity contribution is 5.89. The number of nitrogens with one attached hydrogen (secondary N) is 1. The van der Waals surface area contributed by atoms with Crippen molar-refractivity contribution in [2.75, 3.05) is 11.9 Å². The minimum absolute atomic E-state index is 0.0721. The number of hydrogen-bond acceptors (Lipinski definition) is 3. The normalized spacial score (nSPS) is 17.3. The molecule has 2 N–H and O–H groups in total. The fourth-order valence-electron chi connectivity index (χ4n) is 2.32. The molecule has 2 saturated carbocycles. The van der Waals surface area contributed by atoms with Crippen LogP contribution in [0.3, 0.4) is 0 Å². The van der Waals surface area contributed by atoms with E-state index in [1.54, 1.807) is 12.1 Å². The number of carboxylic acids is 1. The molecule has 21 heavy (non-hydrogen) atoms. The third-order valence-electron chi connectivity index (χ3n) is 3.81. The molecule has 6 heteroatoms. The molecule has 1 heterocycles. The Morgan fingerprint density at radius 2 is 2.05 bits per heavy atom. The van der Waals surface area contributed by atoms with E-state index in [1.807, 2.05) is 4.90 Å². The Bertz CT molecular complexity index is 536. The van der Waals surface area contributed by atoms with Crippen molar-refractivity contribution in [1.82, 2.24) is 9.88 Å². The molecular weight excluding hydrogens is 270 g/mol. The SMILES string of the molecule is O=C(O)Cc1ccc(NC(=O)N(CC2CC2)C2CC2)cn1. The van der Waals surface area contributed by atoms with E-state index in [2.05, 4.69) is 10.3 Å². The number of carboxylic acid groups (broad SMARTS) is 1. The molecule has 2 aliphatic carbocycles. The topological polar surface area (TPSA) is 82.5 Å². The summed E-state index contributed by atoms with van der Waals surface area (Å²) in [6.45, 7) is 0.848. The van der Waals surface area contributed by atoms with E-state index in [1.165, 1.54) is 19.0 Å². The van der Waals surface area contributed by atoms with Gasteiger partial charge in [-0.3, -0.25) is 9.78 Å². The Balaban J connectivity index is 1.58. The van der Waals surface area contributed by atoms with Crippen LogP contribution < -0.4 is 5.32 Å². The molecule has 2 fully saturated rings. The molecule has 0 aliphatic heterocycles. The van der Waals surface area contributed by atoms with Gasteiger partial charge < -0.3 is 15.3 Å². The van der Waals surface area contributed by atoms with Crippen LogP contribution in [0.1, 0.15) is 31.4 Å². The van der Waals surface area contributed by atoms with E-state index >= 15 is 0 Å². The third-order valence-corrected chi connectivity index (χ3v) is 3.81. The highest BCUT2D eigenvalue weighted by Gasteiger charge is 2.36. The van der Waals surface area contributed by atoms with Gasteiger partial charge in [-0.05, 0) is 43.7 Å². The van der Waals surface area contributed by atoms with Crippen LogP contribution in [0.5, 0.6) is 0 Å². The first-order valence-corrected chi connectivity index (χ1v) is 7.36. The lowest BCUT2D eigenvalue weighted by molar-refractivity contribution is -0.136. The number of aromatic nitrogens is 1. The van der Waals surface area contributed by atoms with E-state index in [-0.39, 0.29) is 12.5 Å². The predicted molar refractivity (Wildman–Crippen MR) is 77.0 cm³/mol. The lowest BCUT2D eigenvalue weighted by Crippen LogP contribution is -2.38. The summed E-state index contributed by atoms with van der Waals surface area (Å²) in [7, 11) is 0. The van der Waals surface area contributed by atoms with Crippen LogP contribution >= 0.6 is 0 Å². The van der Waals surface area contributed by atoms with Gasteiger partial charge in [0.1, 0.15) is 0 Å². The first-order chi connectivity index (χ1) is 10.1. The van der Waals surface area contributed by atoms with E-state index in [9.17, 15) is 9.59 Å². The van der Waals surface area contributed by atoms with Crippen molar-refractivity contribution in [2.45, 2.75) is 38.1 Å². The molecule has 1 aromatic heterocycles. The van der Waals surface area contributed by atoms with Gasteiger partial charge in [0.2, 0.25) is 0 Å². The Labute approximate surface area is 123 Å². The number of amides is 2. The number of carbonyl (C=O) groups is 2. The number of rotatable bonds is 6. The lowest BCUT2D eigenvalue weighted by atomic mass is 10.2. The minimum atomic E-state index is -0.913. The van der Waals surface area contributed by atoms with E-state index in [0.717, 1.165) is 19.4 Å². The number of pyridine rings is 1. The Kier molecular flexibility index (Phi) is 3.77. The second kappa shape index (κ2) is 5.71. The van der Waals surface area contributed by atoms with Gasteiger partial charge in [-0.2, -0.15) is 0 Å². The maximum Gasteiger partial charge on any atom is 0.322 e. The van der Waals surface area contributed by atoms with Crippen molar-refractivity contribution in [3.05, 3.63) is 24.0 Å². The summed E-state index contributed by atoms with van der Waals surface area (Å²) in [4.78, 5) is 28.9. The monoisotopic (exact) mass is 289 g/mol. The Morgan fingerprint density at radius 1 is 1.29 bits per heavy atom. The van der Waals surface area contributed by atoms with Gasteiger partial charge in [-0.15, -0.1) is 0 Å². The third kappa shape index (κ3) is 3.93. The summed E-state index contributed by atoms with van der Waals surface area (Å²) in [6.07, 6.45) is 6.04. The largest absolute Gasteiger partial charge is 0.481 e. The summed E-state index contributed by atoms with van der Waals surface area (Å²) in [5, 5.41) is 11.5. The van der Waals surface area contributed by atoms with Gasteiger partial charge in [0.05, 0.1) is 24.0 Å². The van der Waals surface area contributed by atoms with E-state index in [4.69, 9.17) is 5.11 Å². The molecule has 1 aromatic rings. The fourth-order valence-corrected chi connectivity index (χ4v) is 2.32. The summed E-state index contributed by atoms with van der Waals surface area (Å²) < 4.78 is 0.